The number of aliphatic carboxylic acids is 1. The smallest absolute Gasteiger partial charge is 0.317 e. The van der Waals surface area contributed by atoms with E-state index in [0.29, 0.717) is 17.6 Å². The van der Waals surface area contributed by atoms with Gasteiger partial charge in [0.2, 0.25) is 0 Å². The fourth-order valence-corrected chi connectivity index (χ4v) is 2.68. The van der Waals surface area contributed by atoms with E-state index in [-0.39, 0.29) is 6.54 Å². The summed E-state index contributed by atoms with van der Waals surface area (Å²) < 4.78 is 0. The van der Waals surface area contributed by atoms with Crippen molar-refractivity contribution in [2.45, 2.75) is 38.4 Å². The van der Waals surface area contributed by atoms with Crippen LogP contribution in [0.25, 0.3) is 0 Å². The number of nitrogens with zero attached hydrogens (tertiary/aromatic N) is 2. The fourth-order valence-electron chi connectivity index (χ4n) is 2.68. The van der Waals surface area contributed by atoms with E-state index in [1.165, 1.54) is 0 Å². The molecule has 0 aromatic heterocycles. The number of carboxylic acid groups (broad SMARTS) is 1. The number of hydrogen-bond donors (Lipinski definition) is 2. The number of hydrogen-bond acceptors (Lipinski definition) is 4. The first-order valence-electron chi connectivity index (χ1n) is 7.30. The van der Waals surface area contributed by atoms with E-state index in [4.69, 9.17) is 10.4 Å². The van der Waals surface area contributed by atoms with Crippen molar-refractivity contribution < 1.29 is 9.90 Å². The average molecular weight is 287 g/mol. The maximum Gasteiger partial charge on any atom is 0.317 e. The second kappa shape index (κ2) is 7.21. The topological polar surface area (TPSA) is 76.4 Å². The molecule has 0 unspecified atom stereocenters. The van der Waals surface area contributed by atoms with Crippen LogP contribution in [0.1, 0.15) is 30.9 Å². The molecule has 1 aliphatic rings. The maximum absolute atomic E-state index is 10.8. The summed E-state index contributed by atoms with van der Waals surface area (Å²) in [7, 11) is 0. The third-order valence-electron chi connectivity index (χ3n) is 4.05. The van der Waals surface area contributed by atoms with Crippen LogP contribution >= 0.6 is 0 Å². The van der Waals surface area contributed by atoms with Crippen LogP contribution in [-0.2, 0) is 11.3 Å². The number of rotatable bonds is 7. The van der Waals surface area contributed by atoms with Gasteiger partial charge in [0, 0.05) is 18.6 Å². The minimum Gasteiger partial charge on any atom is -0.480 e. The SMILES string of the molecule is CCN(CC(=O)O)C1CC(NCc2ccc(C#N)cc2)C1. The van der Waals surface area contributed by atoms with Crippen LogP contribution < -0.4 is 5.32 Å². The Morgan fingerprint density at radius 1 is 1.43 bits per heavy atom. The molecular formula is C16H21N3O2. The summed E-state index contributed by atoms with van der Waals surface area (Å²) in [6.45, 7) is 3.69. The monoisotopic (exact) mass is 287 g/mol. The Morgan fingerprint density at radius 3 is 2.62 bits per heavy atom. The van der Waals surface area contributed by atoms with E-state index < -0.39 is 5.97 Å². The highest BCUT2D eigenvalue weighted by molar-refractivity contribution is 5.69. The predicted octanol–water partition coefficient (Wildman–Crippen LogP) is 1.59. The van der Waals surface area contributed by atoms with Crippen molar-refractivity contribution in [2.75, 3.05) is 13.1 Å². The first-order chi connectivity index (χ1) is 10.1. The molecule has 1 aliphatic carbocycles. The number of carbonyl (C=O) groups is 1. The van der Waals surface area contributed by atoms with E-state index in [2.05, 4.69) is 11.4 Å². The van der Waals surface area contributed by atoms with Gasteiger partial charge in [0.05, 0.1) is 18.2 Å². The van der Waals surface area contributed by atoms with Gasteiger partial charge in [-0.3, -0.25) is 9.69 Å². The first kappa shape index (κ1) is 15.5. The van der Waals surface area contributed by atoms with Crippen LogP contribution in [-0.4, -0.2) is 41.1 Å². The fraction of sp³-hybridized carbons (Fsp3) is 0.500. The van der Waals surface area contributed by atoms with Gasteiger partial charge in [0.1, 0.15) is 0 Å². The largest absolute Gasteiger partial charge is 0.480 e. The third-order valence-corrected chi connectivity index (χ3v) is 4.05. The van der Waals surface area contributed by atoms with Gasteiger partial charge in [-0.1, -0.05) is 19.1 Å². The molecule has 0 radical (unpaired) electrons. The van der Waals surface area contributed by atoms with Gasteiger partial charge < -0.3 is 10.4 Å². The van der Waals surface area contributed by atoms with Crippen molar-refractivity contribution in [1.82, 2.24) is 10.2 Å². The number of benzene rings is 1. The molecule has 1 saturated carbocycles. The lowest BCUT2D eigenvalue weighted by atomic mass is 9.85. The third kappa shape index (κ3) is 4.28. The lowest BCUT2D eigenvalue weighted by molar-refractivity contribution is -0.139. The second-order valence-corrected chi connectivity index (χ2v) is 5.47. The zero-order chi connectivity index (χ0) is 15.2. The van der Waals surface area contributed by atoms with Crippen molar-refractivity contribution in [3.63, 3.8) is 0 Å². The van der Waals surface area contributed by atoms with Gasteiger partial charge in [0.25, 0.3) is 0 Å². The normalized spacial score (nSPS) is 20.8. The summed E-state index contributed by atoms with van der Waals surface area (Å²) >= 11 is 0. The van der Waals surface area contributed by atoms with Crippen molar-refractivity contribution in [3.8, 4) is 6.07 Å². The molecular weight excluding hydrogens is 266 g/mol. The summed E-state index contributed by atoms with van der Waals surface area (Å²) in [4.78, 5) is 12.8. The molecule has 1 fully saturated rings. The number of nitrogens with one attached hydrogen (secondary N) is 1. The summed E-state index contributed by atoms with van der Waals surface area (Å²) in [6, 6.07) is 10.5. The lowest BCUT2D eigenvalue weighted by Crippen LogP contribution is -2.53. The average Bonchev–Trinajstić information content (AvgIpc) is 2.44. The highest BCUT2D eigenvalue weighted by Gasteiger charge is 2.33. The molecule has 0 amide bonds. The molecule has 5 heteroatoms. The van der Waals surface area contributed by atoms with Gasteiger partial charge in [-0.25, -0.2) is 0 Å². The molecule has 0 heterocycles. The Hall–Kier alpha value is -1.90. The lowest BCUT2D eigenvalue weighted by Gasteiger charge is -2.42. The highest BCUT2D eigenvalue weighted by atomic mass is 16.4. The van der Waals surface area contributed by atoms with Crippen molar-refractivity contribution in [2.24, 2.45) is 0 Å². The standard InChI is InChI=1S/C16H21N3O2/c1-2-19(11-16(20)21)15-7-14(8-15)18-10-13-5-3-12(9-17)4-6-13/h3-6,14-15,18H,2,7-8,10-11H2,1H3,(H,20,21). The zero-order valence-corrected chi connectivity index (χ0v) is 12.2. The Balaban J connectivity index is 1.72. The Morgan fingerprint density at radius 2 is 2.10 bits per heavy atom. The molecule has 1 aromatic carbocycles. The first-order valence-corrected chi connectivity index (χ1v) is 7.30. The van der Waals surface area contributed by atoms with Gasteiger partial charge in [-0.05, 0) is 37.1 Å². The quantitative estimate of drug-likeness (QED) is 0.796. The van der Waals surface area contributed by atoms with Crippen LogP contribution in [0.15, 0.2) is 24.3 Å². The molecule has 0 saturated heterocycles. The molecule has 112 valence electrons. The highest BCUT2D eigenvalue weighted by Crippen LogP contribution is 2.25. The summed E-state index contributed by atoms with van der Waals surface area (Å²) in [6.07, 6.45) is 1.99. The van der Waals surface area contributed by atoms with Crippen LogP contribution in [0.3, 0.4) is 0 Å². The van der Waals surface area contributed by atoms with Gasteiger partial charge in [0.15, 0.2) is 0 Å². The summed E-state index contributed by atoms with van der Waals surface area (Å²) in [5.74, 6) is -0.758. The van der Waals surface area contributed by atoms with E-state index in [0.717, 1.165) is 31.5 Å². The van der Waals surface area contributed by atoms with Crippen LogP contribution in [0, 0.1) is 11.3 Å². The van der Waals surface area contributed by atoms with E-state index in [1.54, 1.807) is 0 Å². The second-order valence-electron chi connectivity index (χ2n) is 5.47. The molecule has 0 atom stereocenters. The molecule has 0 spiro atoms. The molecule has 2 rings (SSSR count). The van der Waals surface area contributed by atoms with E-state index >= 15 is 0 Å². The zero-order valence-electron chi connectivity index (χ0n) is 12.2. The number of carboxylic acids is 1. The Kier molecular flexibility index (Phi) is 5.32. The molecule has 0 aliphatic heterocycles. The van der Waals surface area contributed by atoms with E-state index in [9.17, 15) is 4.79 Å². The van der Waals surface area contributed by atoms with Crippen molar-refractivity contribution in [3.05, 3.63) is 35.4 Å². The number of nitriles is 1. The Bertz CT molecular complexity index is 515. The molecule has 2 N–H and O–H groups in total. The van der Waals surface area contributed by atoms with Crippen LogP contribution in [0.4, 0.5) is 0 Å². The minimum absolute atomic E-state index is 0.128. The number of likely N-dealkylation sites (N-methyl/N-ethyl adjacent to an activating group) is 1. The van der Waals surface area contributed by atoms with Crippen LogP contribution in [0.5, 0.6) is 0 Å². The van der Waals surface area contributed by atoms with Gasteiger partial charge in [-0.15, -0.1) is 0 Å². The molecule has 21 heavy (non-hydrogen) atoms. The molecule has 1 aromatic rings. The van der Waals surface area contributed by atoms with Crippen LogP contribution in [0.2, 0.25) is 0 Å². The van der Waals surface area contributed by atoms with Crippen molar-refractivity contribution >= 4 is 5.97 Å². The predicted molar refractivity (Wildman–Crippen MR) is 79.7 cm³/mol. The van der Waals surface area contributed by atoms with Gasteiger partial charge in [-0.2, -0.15) is 5.26 Å². The Labute approximate surface area is 125 Å². The summed E-state index contributed by atoms with van der Waals surface area (Å²) in [5, 5.41) is 21.1. The van der Waals surface area contributed by atoms with Gasteiger partial charge >= 0.3 is 5.97 Å². The maximum atomic E-state index is 10.8. The minimum atomic E-state index is -0.758. The molecule has 5 nitrogen and oxygen atoms in total. The molecule has 0 bridgehead atoms. The van der Waals surface area contributed by atoms with E-state index in [1.807, 2.05) is 36.1 Å². The summed E-state index contributed by atoms with van der Waals surface area (Å²) in [5.41, 5.74) is 1.84. The van der Waals surface area contributed by atoms with Crippen molar-refractivity contribution in [1.29, 1.82) is 5.26 Å².